The van der Waals surface area contributed by atoms with Gasteiger partial charge in [-0.05, 0) is 25.1 Å². The Morgan fingerprint density at radius 2 is 1.92 bits per heavy atom. The van der Waals surface area contributed by atoms with E-state index in [-0.39, 0.29) is 24.0 Å². The zero-order valence-corrected chi connectivity index (χ0v) is 17.7. The van der Waals surface area contributed by atoms with Gasteiger partial charge in [0.1, 0.15) is 11.5 Å². The Bertz CT molecular complexity index is 633. The van der Waals surface area contributed by atoms with Crippen molar-refractivity contribution in [2.45, 2.75) is 19.9 Å². The molecule has 0 atom stereocenters. The number of halogens is 1. The van der Waals surface area contributed by atoms with Gasteiger partial charge >= 0.3 is 0 Å². The van der Waals surface area contributed by atoms with Crippen LogP contribution in [-0.2, 0) is 17.7 Å². The van der Waals surface area contributed by atoms with Crippen molar-refractivity contribution in [3.05, 3.63) is 54.0 Å². The molecule has 0 saturated carbocycles. The van der Waals surface area contributed by atoms with Gasteiger partial charge in [0.2, 0.25) is 0 Å². The maximum atomic E-state index is 5.66. The zero-order chi connectivity index (χ0) is 17.7. The number of ether oxygens (including phenoxy) is 2. The first-order valence-electron chi connectivity index (χ1n) is 8.57. The summed E-state index contributed by atoms with van der Waals surface area (Å²) in [6.45, 7) is 5.21. The highest BCUT2D eigenvalue weighted by Crippen LogP contribution is 2.18. The quantitative estimate of drug-likeness (QED) is 0.240. The van der Waals surface area contributed by atoms with Gasteiger partial charge in [-0.1, -0.05) is 18.2 Å². The number of benzene rings is 1. The summed E-state index contributed by atoms with van der Waals surface area (Å²) < 4.78 is 16.1. The van der Waals surface area contributed by atoms with Gasteiger partial charge in [-0.15, -0.1) is 24.0 Å². The first-order chi connectivity index (χ1) is 12.3. The van der Waals surface area contributed by atoms with E-state index >= 15 is 0 Å². The van der Waals surface area contributed by atoms with E-state index < -0.39 is 0 Å². The molecule has 0 bridgehead atoms. The van der Waals surface area contributed by atoms with E-state index in [4.69, 9.17) is 13.9 Å². The number of guanidine groups is 1. The Labute approximate surface area is 172 Å². The molecule has 0 aliphatic heterocycles. The Kier molecular flexibility index (Phi) is 11.5. The third-order valence-corrected chi connectivity index (χ3v) is 3.52. The molecule has 2 N–H and O–H groups in total. The molecule has 0 fully saturated rings. The molecule has 0 aliphatic rings. The highest BCUT2D eigenvalue weighted by molar-refractivity contribution is 14.0. The van der Waals surface area contributed by atoms with Crippen LogP contribution in [0.4, 0.5) is 0 Å². The first kappa shape index (κ1) is 22.3. The summed E-state index contributed by atoms with van der Waals surface area (Å²) in [6.07, 6.45) is 2.49. The summed E-state index contributed by atoms with van der Waals surface area (Å²) in [5.74, 6) is 2.57. The maximum Gasteiger partial charge on any atom is 0.191 e. The van der Waals surface area contributed by atoms with Gasteiger partial charge in [-0.2, -0.15) is 0 Å². The summed E-state index contributed by atoms with van der Waals surface area (Å²) >= 11 is 0. The van der Waals surface area contributed by atoms with Crippen molar-refractivity contribution in [2.24, 2.45) is 4.99 Å². The largest absolute Gasteiger partial charge is 0.494 e. The number of para-hydroxylation sites is 1. The third kappa shape index (κ3) is 8.09. The number of nitrogens with zero attached hydrogens (tertiary/aromatic N) is 1. The van der Waals surface area contributed by atoms with Crippen molar-refractivity contribution in [3.8, 4) is 5.75 Å². The standard InChI is InChI=1S/C19H27N3O3.HI/c1-3-24-18-9-5-4-7-16(18)15-22-19(21-12-14-23-2)20-11-10-17-8-6-13-25-17;/h4-9,13H,3,10-12,14-15H2,1-2H3,(H2,20,21,22);1H. The van der Waals surface area contributed by atoms with Gasteiger partial charge in [0, 0.05) is 32.2 Å². The third-order valence-electron chi connectivity index (χ3n) is 3.52. The fourth-order valence-electron chi connectivity index (χ4n) is 2.30. The van der Waals surface area contributed by atoms with Crippen molar-refractivity contribution >= 4 is 29.9 Å². The van der Waals surface area contributed by atoms with Crippen molar-refractivity contribution < 1.29 is 13.9 Å². The van der Waals surface area contributed by atoms with Crippen LogP contribution in [0, 0.1) is 0 Å². The van der Waals surface area contributed by atoms with E-state index in [0.29, 0.717) is 26.3 Å². The molecular formula is C19H28IN3O3. The van der Waals surface area contributed by atoms with Gasteiger partial charge < -0.3 is 24.5 Å². The molecule has 0 saturated heterocycles. The lowest BCUT2D eigenvalue weighted by Crippen LogP contribution is -2.40. The Morgan fingerprint density at radius 3 is 2.65 bits per heavy atom. The Morgan fingerprint density at radius 1 is 1.12 bits per heavy atom. The van der Waals surface area contributed by atoms with Gasteiger partial charge in [0.15, 0.2) is 5.96 Å². The number of methoxy groups -OCH3 is 1. The predicted molar refractivity (Wildman–Crippen MR) is 114 cm³/mol. The van der Waals surface area contributed by atoms with Crippen LogP contribution in [0.25, 0.3) is 0 Å². The van der Waals surface area contributed by atoms with Crippen LogP contribution in [0.5, 0.6) is 5.75 Å². The van der Waals surface area contributed by atoms with Crippen LogP contribution in [-0.4, -0.2) is 39.4 Å². The molecule has 1 aromatic carbocycles. The topological polar surface area (TPSA) is 68.0 Å². The average Bonchev–Trinajstić information content (AvgIpc) is 3.14. The molecular weight excluding hydrogens is 445 g/mol. The highest BCUT2D eigenvalue weighted by Gasteiger charge is 2.04. The van der Waals surface area contributed by atoms with Crippen molar-refractivity contribution in [2.75, 3.05) is 33.4 Å². The fraction of sp³-hybridized carbons (Fsp3) is 0.421. The summed E-state index contributed by atoms with van der Waals surface area (Å²) in [6, 6.07) is 11.8. The Hall–Kier alpha value is -1.74. The van der Waals surface area contributed by atoms with Gasteiger partial charge in [0.05, 0.1) is 26.0 Å². The van der Waals surface area contributed by atoms with E-state index in [0.717, 1.165) is 36.0 Å². The minimum absolute atomic E-state index is 0. The average molecular weight is 473 g/mol. The molecule has 1 heterocycles. The minimum Gasteiger partial charge on any atom is -0.494 e. The Balaban J connectivity index is 0.00000338. The molecule has 2 rings (SSSR count). The van der Waals surface area contributed by atoms with E-state index in [9.17, 15) is 0 Å². The van der Waals surface area contributed by atoms with Gasteiger partial charge in [-0.3, -0.25) is 0 Å². The SMILES string of the molecule is CCOc1ccccc1CN=C(NCCOC)NCCc1ccco1.I. The van der Waals surface area contributed by atoms with E-state index in [1.54, 1.807) is 13.4 Å². The fourth-order valence-corrected chi connectivity index (χ4v) is 2.30. The molecule has 0 aliphatic carbocycles. The normalized spacial score (nSPS) is 10.9. The summed E-state index contributed by atoms with van der Waals surface area (Å²) in [4.78, 5) is 4.66. The smallest absolute Gasteiger partial charge is 0.191 e. The maximum absolute atomic E-state index is 5.66. The first-order valence-corrected chi connectivity index (χ1v) is 8.57. The van der Waals surface area contributed by atoms with E-state index in [1.807, 2.05) is 43.3 Å². The number of aliphatic imine (C=N–C) groups is 1. The van der Waals surface area contributed by atoms with Crippen molar-refractivity contribution in [1.29, 1.82) is 0 Å². The minimum atomic E-state index is 0. The van der Waals surface area contributed by atoms with Crippen molar-refractivity contribution in [1.82, 2.24) is 10.6 Å². The molecule has 0 radical (unpaired) electrons. The second kappa shape index (κ2) is 13.5. The predicted octanol–water partition coefficient (Wildman–Crippen LogP) is 3.22. The second-order valence-corrected chi connectivity index (χ2v) is 5.38. The molecule has 6 nitrogen and oxygen atoms in total. The number of furan rings is 1. The number of hydrogen-bond donors (Lipinski definition) is 2. The summed E-state index contributed by atoms with van der Waals surface area (Å²) in [5.41, 5.74) is 1.06. The molecule has 2 aromatic rings. The zero-order valence-electron chi connectivity index (χ0n) is 15.4. The highest BCUT2D eigenvalue weighted by atomic mass is 127. The summed E-state index contributed by atoms with van der Waals surface area (Å²) in [7, 11) is 1.68. The molecule has 7 heteroatoms. The second-order valence-electron chi connectivity index (χ2n) is 5.38. The lowest BCUT2D eigenvalue weighted by molar-refractivity contribution is 0.203. The molecule has 0 unspecified atom stereocenters. The van der Waals surface area contributed by atoms with Gasteiger partial charge in [0.25, 0.3) is 0 Å². The van der Waals surface area contributed by atoms with Crippen LogP contribution in [0.15, 0.2) is 52.1 Å². The molecule has 0 spiro atoms. The lowest BCUT2D eigenvalue weighted by atomic mass is 10.2. The van der Waals surface area contributed by atoms with Crippen LogP contribution >= 0.6 is 24.0 Å². The molecule has 144 valence electrons. The molecule has 0 amide bonds. The van der Waals surface area contributed by atoms with Crippen LogP contribution in [0.1, 0.15) is 18.2 Å². The molecule has 1 aromatic heterocycles. The number of nitrogens with one attached hydrogen (secondary N) is 2. The monoisotopic (exact) mass is 473 g/mol. The van der Waals surface area contributed by atoms with Crippen LogP contribution < -0.4 is 15.4 Å². The summed E-state index contributed by atoms with van der Waals surface area (Å²) in [5, 5.41) is 6.59. The van der Waals surface area contributed by atoms with E-state index in [1.165, 1.54) is 0 Å². The van der Waals surface area contributed by atoms with Crippen molar-refractivity contribution in [3.63, 3.8) is 0 Å². The van der Waals surface area contributed by atoms with Crippen LogP contribution in [0.3, 0.4) is 0 Å². The van der Waals surface area contributed by atoms with Gasteiger partial charge in [-0.25, -0.2) is 4.99 Å². The number of hydrogen-bond acceptors (Lipinski definition) is 4. The number of rotatable bonds is 10. The van der Waals surface area contributed by atoms with E-state index in [2.05, 4.69) is 15.6 Å². The molecule has 26 heavy (non-hydrogen) atoms. The lowest BCUT2D eigenvalue weighted by Gasteiger charge is -2.13. The van der Waals surface area contributed by atoms with Crippen LogP contribution in [0.2, 0.25) is 0 Å².